The number of aromatic nitrogens is 1. The molecule has 2 amide bonds. The third-order valence-electron chi connectivity index (χ3n) is 7.73. The first-order valence-corrected chi connectivity index (χ1v) is 13.6. The van der Waals surface area contributed by atoms with E-state index in [1.54, 1.807) is 22.3 Å². The van der Waals surface area contributed by atoms with E-state index in [0.29, 0.717) is 30.0 Å². The summed E-state index contributed by atoms with van der Waals surface area (Å²) in [6, 6.07) is 11.6. The second-order valence-corrected chi connectivity index (χ2v) is 11.8. The Balaban J connectivity index is 1.39. The number of carbonyl (C=O) groups excluding carboxylic acids is 2. The minimum Gasteiger partial charge on any atom is -0.391 e. The van der Waals surface area contributed by atoms with Crippen molar-refractivity contribution in [3.05, 3.63) is 64.4 Å². The highest BCUT2D eigenvalue weighted by atomic mass is 32.1. The summed E-state index contributed by atoms with van der Waals surface area (Å²) in [5.74, 6) is -0.366. The monoisotopic (exact) mass is 519 g/mol. The number of amides is 2. The predicted molar refractivity (Wildman–Crippen MR) is 144 cm³/mol. The Hall–Kier alpha value is -3.10. The molecule has 0 unspecified atom stereocenters. The fourth-order valence-electron chi connectivity index (χ4n) is 5.62. The van der Waals surface area contributed by atoms with Crippen LogP contribution in [0.5, 0.6) is 0 Å². The lowest BCUT2D eigenvalue weighted by Gasteiger charge is -2.30. The average Bonchev–Trinajstić information content (AvgIpc) is 3.62. The first kappa shape index (κ1) is 25.5. The number of carbonyl (C=O) groups is 2. The van der Waals surface area contributed by atoms with Crippen LogP contribution in [0.2, 0.25) is 0 Å². The third kappa shape index (κ3) is 4.57. The summed E-state index contributed by atoms with van der Waals surface area (Å²) in [6.45, 7) is 9.98. The quantitative estimate of drug-likeness (QED) is 0.492. The minimum absolute atomic E-state index is 0.0267. The van der Waals surface area contributed by atoms with Gasteiger partial charge in [-0.3, -0.25) is 9.59 Å². The van der Waals surface area contributed by atoms with E-state index in [0.717, 1.165) is 11.1 Å². The summed E-state index contributed by atoms with van der Waals surface area (Å²) in [5.41, 5.74) is 3.84. The van der Waals surface area contributed by atoms with E-state index in [4.69, 9.17) is 4.52 Å². The summed E-state index contributed by atoms with van der Waals surface area (Å²) in [4.78, 5) is 34.5. The number of hydrogen-bond donors (Lipinski definition) is 1. The van der Waals surface area contributed by atoms with E-state index in [1.165, 1.54) is 10.4 Å². The van der Waals surface area contributed by atoms with Gasteiger partial charge in [0, 0.05) is 36.0 Å². The molecule has 4 heterocycles. The molecule has 194 valence electrons. The van der Waals surface area contributed by atoms with E-state index >= 15 is 0 Å². The zero-order valence-electron chi connectivity index (χ0n) is 21.9. The zero-order valence-corrected chi connectivity index (χ0v) is 22.7. The van der Waals surface area contributed by atoms with Gasteiger partial charge in [-0.25, -0.2) is 4.99 Å². The highest BCUT2D eigenvalue weighted by Crippen LogP contribution is 2.40. The van der Waals surface area contributed by atoms with Crippen LogP contribution in [0.15, 0.2) is 51.3 Å². The Labute approximate surface area is 221 Å². The van der Waals surface area contributed by atoms with E-state index in [-0.39, 0.29) is 24.3 Å². The topological polar surface area (TPSA) is 96.0 Å². The molecular formula is C29H33N3O4S. The molecule has 7 nitrogen and oxygen atoms in total. The van der Waals surface area contributed by atoms with Gasteiger partial charge < -0.3 is 14.5 Å². The number of hydrogen-bond acceptors (Lipinski definition) is 6. The minimum atomic E-state index is -0.805. The van der Waals surface area contributed by atoms with E-state index in [1.807, 2.05) is 39.8 Å². The number of nitrogens with zero attached hydrogens (tertiary/aromatic N) is 3. The summed E-state index contributed by atoms with van der Waals surface area (Å²) in [7, 11) is 0. The highest BCUT2D eigenvalue weighted by Gasteiger charge is 2.48. The second kappa shape index (κ2) is 9.65. The number of β-amino-alcohol motifs (C(OH)–C–C–N with tert-alkyl or cyclic N) is 1. The summed E-state index contributed by atoms with van der Waals surface area (Å²) >= 11 is 1.70. The van der Waals surface area contributed by atoms with Gasteiger partial charge in [-0.05, 0) is 54.8 Å². The number of thiophene rings is 1. The smallest absolute Gasteiger partial charge is 0.256 e. The van der Waals surface area contributed by atoms with Gasteiger partial charge in [0.05, 0.1) is 23.3 Å². The molecule has 4 atom stereocenters. The molecule has 2 aromatic heterocycles. The zero-order chi connectivity index (χ0) is 26.5. The Morgan fingerprint density at radius 1 is 1.22 bits per heavy atom. The molecule has 8 heteroatoms. The van der Waals surface area contributed by atoms with E-state index in [9.17, 15) is 14.7 Å². The SMILES string of the molecule is Cc1cc([C@@H](C(=O)N2C[C@H](O)C[C@@H]2C2=NC(=O)[C@@](C)(c3ccc(-c4sccc4C)cc3)C2)C(C)C)on1. The number of likely N-dealkylation sites (tertiary alicyclic amines) is 1. The fourth-order valence-corrected chi connectivity index (χ4v) is 6.56. The standard InChI is InChI=1S/C29H33N3O4S/c1-16(2)25(24-12-18(4)31-36-24)27(34)32-15-21(33)13-23(32)22-14-29(5,28(35)30-22)20-8-6-19(7-9-20)26-17(3)10-11-37-26/h6-12,16,21,23,25,33H,13-15H2,1-5H3/t21-,23-,25+,29-/m1/s1. The summed E-state index contributed by atoms with van der Waals surface area (Å²) in [6.07, 6.45) is 0.110. The van der Waals surface area contributed by atoms with Crippen LogP contribution in [0.3, 0.4) is 0 Å². The maximum absolute atomic E-state index is 13.8. The number of rotatable bonds is 6. The van der Waals surface area contributed by atoms with Crippen molar-refractivity contribution < 1.29 is 19.2 Å². The maximum Gasteiger partial charge on any atom is 0.256 e. The molecule has 1 N–H and O–H groups in total. The van der Waals surface area contributed by atoms with Gasteiger partial charge in [0.2, 0.25) is 5.91 Å². The predicted octanol–water partition coefficient (Wildman–Crippen LogP) is 5.05. The normalized spacial score (nSPS) is 24.7. The van der Waals surface area contributed by atoms with Crippen LogP contribution in [0.1, 0.15) is 62.1 Å². The first-order chi connectivity index (χ1) is 17.6. The van der Waals surface area contributed by atoms with Crippen LogP contribution in [0, 0.1) is 19.8 Å². The van der Waals surface area contributed by atoms with Gasteiger partial charge in [0.15, 0.2) is 0 Å². The number of aryl methyl sites for hydroxylation is 2. The van der Waals surface area contributed by atoms with E-state index < -0.39 is 23.5 Å². The molecular weight excluding hydrogens is 486 g/mol. The Bertz CT molecular complexity index is 1360. The molecule has 37 heavy (non-hydrogen) atoms. The van der Waals surface area contributed by atoms with Crippen molar-refractivity contribution >= 4 is 28.9 Å². The molecule has 0 saturated carbocycles. The van der Waals surface area contributed by atoms with Gasteiger partial charge in [0.25, 0.3) is 5.91 Å². The van der Waals surface area contributed by atoms with Crippen molar-refractivity contribution in [2.45, 2.75) is 70.9 Å². The van der Waals surface area contributed by atoms with Crippen molar-refractivity contribution in [1.82, 2.24) is 10.1 Å². The van der Waals surface area contributed by atoms with Gasteiger partial charge in [-0.2, -0.15) is 0 Å². The Kier molecular flexibility index (Phi) is 6.66. The van der Waals surface area contributed by atoms with Crippen molar-refractivity contribution in [2.75, 3.05) is 6.54 Å². The molecule has 0 radical (unpaired) electrons. The van der Waals surface area contributed by atoms with Crippen LogP contribution in [-0.4, -0.2) is 51.4 Å². The molecule has 2 aliphatic rings. The lowest BCUT2D eigenvalue weighted by atomic mass is 9.78. The van der Waals surface area contributed by atoms with Gasteiger partial charge in [-0.1, -0.05) is 43.3 Å². The molecule has 5 rings (SSSR count). The van der Waals surface area contributed by atoms with Crippen LogP contribution in [0.4, 0.5) is 0 Å². The average molecular weight is 520 g/mol. The van der Waals surface area contributed by atoms with E-state index in [2.05, 4.69) is 40.7 Å². The first-order valence-electron chi connectivity index (χ1n) is 12.8. The number of aliphatic hydroxyl groups is 1. The van der Waals surface area contributed by atoms with Gasteiger partial charge in [0.1, 0.15) is 11.7 Å². The molecule has 0 aliphatic carbocycles. The number of benzene rings is 1. The van der Waals surface area contributed by atoms with Crippen molar-refractivity contribution in [1.29, 1.82) is 0 Å². The number of aliphatic hydroxyl groups excluding tert-OH is 1. The lowest BCUT2D eigenvalue weighted by molar-refractivity contribution is -0.134. The third-order valence-corrected chi connectivity index (χ3v) is 8.80. The molecule has 0 bridgehead atoms. The van der Waals surface area contributed by atoms with Crippen LogP contribution in [0.25, 0.3) is 10.4 Å². The van der Waals surface area contributed by atoms with Crippen molar-refractivity contribution in [3.8, 4) is 10.4 Å². The lowest BCUT2D eigenvalue weighted by Crippen LogP contribution is -2.44. The summed E-state index contributed by atoms with van der Waals surface area (Å²) < 4.78 is 5.46. The fraction of sp³-hybridized carbons (Fsp3) is 0.448. The maximum atomic E-state index is 13.8. The Morgan fingerprint density at radius 2 is 1.95 bits per heavy atom. The van der Waals surface area contributed by atoms with Gasteiger partial charge >= 0.3 is 0 Å². The van der Waals surface area contributed by atoms with Crippen LogP contribution < -0.4 is 0 Å². The highest BCUT2D eigenvalue weighted by molar-refractivity contribution is 7.13. The number of aliphatic imine (C=N–C) groups is 1. The molecule has 2 aliphatic heterocycles. The molecule has 1 saturated heterocycles. The summed E-state index contributed by atoms with van der Waals surface area (Å²) in [5, 5.41) is 16.6. The Morgan fingerprint density at radius 3 is 2.54 bits per heavy atom. The molecule has 3 aromatic rings. The van der Waals surface area contributed by atoms with Crippen molar-refractivity contribution in [3.63, 3.8) is 0 Å². The van der Waals surface area contributed by atoms with Gasteiger partial charge in [-0.15, -0.1) is 11.3 Å². The molecule has 0 spiro atoms. The molecule has 1 fully saturated rings. The second-order valence-electron chi connectivity index (χ2n) is 10.9. The van der Waals surface area contributed by atoms with Crippen molar-refractivity contribution in [2.24, 2.45) is 10.9 Å². The largest absolute Gasteiger partial charge is 0.391 e. The molecule has 1 aromatic carbocycles. The van der Waals surface area contributed by atoms with Crippen LogP contribution >= 0.6 is 11.3 Å². The van der Waals surface area contributed by atoms with Crippen LogP contribution in [-0.2, 0) is 15.0 Å².